The van der Waals surface area contributed by atoms with E-state index in [0.29, 0.717) is 48.7 Å². The number of hydrogen-bond acceptors (Lipinski definition) is 7. The lowest BCUT2D eigenvalue weighted by atomic mass is 10.0. The van der Waals surface area contributed by atoms with E-state index in [2.05, 4.69) is 11.1 Å². The summed E-state index contributed by atoms with van der Waals surface area (Å²) in [6.45, 7) is 2.17. The number of benzene rings is 2. The molecule has 0 spiro atoms. The number of anilines is 1. The van der Waals surface area contributed by atoms with Crippen LogP contribution in [0.3, 0.4) is 0 Å². The normalized spacial score (nSPS) is 15.9. The molecule has 0 radical (unpaired) electrons. The predicted octanol–water partition coefficient (Wildman–Crippen LogP) is 2.63. The molecule has 2 aliphatic rings. The molecule has 2 aromatic carbocycles. The number of rotatable bonds is 4. The van der Waals surface area contributed by atoms with E-state index in [1.54, 1.807) is 65.7 Å². The molecular weight excluding hydrogens is 458 g/mol. The van der Waals surface area contributed by atoms with E-state index in [9.17, 15) is 19.6 Å². The molecule has 2 amide bonds. The molecule has 0 aliphatic carbocycles. The number of carbonyl (C=O) groups is 3. The number of nitrogens with zero attached hydrogens (tertiary/aromatic N) is 4. The van der Waals surface area contributed by atoms with Crippen LogP contribution in [0.4, 0.5) is 5.82 Å². The van der Waals surface area contributed by atoms with Gasteiger partial charge in [-0.25, -0.2) is 4.98 Å². The Bertz CT molecular complexity index is 1450. The maximum atomic E-state index is 13.0. The van der Waals surface area contributed by atoms with Crippen molar-refractivity contribution >= 4 is 29.5 Å². The van der Waals surface area contributed by atoms with E-state index in [0.717, 1.165) is 0 Å². The number of primary amides is 1. The minimum Gasteiger partial charge on any atom is -0.452 e. The van der Waals surface area contributed by atoms with E-state index < -0.39 is 5.91 Å². The Hall–Kier alpha value is -4.97. The summed E-state index contributed by atoms with van der Waals surface area (Å²) in [5, 5.41) is 9.31. The van der Waals surface area contributed by atoms with Gasteiger partial charge in [-0.15, -0.1) is 0 Å². The zero-order valence-electron chi connectivity index (χ0n) is 19.2. The van der Waals surface area contributed by atoms with E-state index in [4.69, 9.17) is 10.5 Å². The highest BCUT2D eigenvalue weighted by atomic mass is 16.5. The lowest BCUT2D eigenvalue weighted by Gasteiger charge is -2.35. The van der Waals surface area contributed by atoms with Gasteiger partial charge in [-0.1, -0.05) is 18.2 Å². The monoisotopic (exact) mass is 479 g/mol. The molecule has 1 fully saturated rings. The van der Waals surface area contributed by atoms with E-state index in [1.807, 2.05) is 4.90 Å². The number of allylic oxidation sites excluding steroid dienone is 1. The fourth-order valence-electron chi connectivity index (χ4n) is 4.32. The number of nitriles is 1. The molecule has 2 N–H and O–H groups in total. The number of carbonyl (C=O) groups excluding carboxylic acids is 3. The average Bonchev–Trinajstić information content (AvgIpc) is 3.23. The van der Waals surface area contributed by atoms with Gasteiger partial charge >= 0.3 is 0 Å². The maximum absolute atomic E-state index is 13.0. The van der Waals surface area contributed by atoms with Gasteiger partial charge in [0.15, 0.2) is 11.5 Å². The summed E-state index contributed by atoms with van der Waals surface area (Å²) < 4.78 is 5.66. The molecule has 0 bridgehead atoms. The molecule has 0 saturated carbocycles. The zero-order valence-corrected chi connectivity index (χ0v) is 19.2. The highest BCUT2D eigenvalue weighted by Gasteiger charge is 2.31. The summed E-state index contributed by atoms with van der Waals surface area (Å²) in [6, 6.07) is 17.2. The first-order chi connectivity index (χ1) is 17.5. The zero-order chi connectivity index (χ0) is 25.2. The Balaban J connectivity index is 1.26. The summed E-state index contributed by atoms with van der Waals surface area (Å²) in [7, 11) is 0. The van der Waals surface area contributed by atoms with Gasteiger partial charge in [-0.2, -0.15) is 5.26 Å². The van der Waals surface area contributed by atoms with E-state index in [-0.39, 0.29) is 34.3 Å². The van der Waals surface area contributed by atoms with Crippen molar-refractivity contribution in [1.82, 2.24) is 9.88 Å². The largest absolute Gasteiger partial charge is 0.452 e. The molecule has 0 unspecified atom stereocenters. The first-order valence-corrected chi connectivity index (χ1v) is 11.3. The lowest BCUT2D eigenvalue weighted by molar-refractivity contribution is 0.0746. The first kappa shape index (κ1) is 22.8. The topological polar surface area (TPSA) is 130 Å². The lowest BCUT2D eigenvalue weighted by Crippen LogP contribution is -2.49. The fourth-order valence-corrected chi connectivity index (χ4v) is 4.32. The summed E-state index contributed by atoms with van der Waals surface area (Å²) in [5.74, 6) is -0.214. The highest BCUT2D eigenvalue weighted by molar-refractivity contribution is 6.16. The van der Waals surface area contributed by atoms with Crippen LogP contribution in [-0.4, -0.2) is 53.7 Å². The molecule has 2 aliphatic heterocycles. The van der Waals surface area contributed by atoms with Crippen LogP contribution >= 0.6 is 0 Å². The standard InChI is InChI=1S/C27H21N5O4/c28-16-19-3-2-10-30-26(19)31-11-13-32(14-12-31)27(35)18-8-6-17(7-9-18)15-22-23(33)20-4-1-5-21(25(29)34)24(20)36-22/h1-10,15H,11-14H2,(H2,29,34)/b22-15-. The highest BCUT2D eigenvalue weighted by Crippen LogP contribution is 2.35. The first-order valence-electron chi connectivity index (χ1n) is 11.3. The fraction of sp³-hybridized carbons (Fsp3) is 0.148. The number of ketones is 1. The summed E-state index contributed by atoms with van der Waals surface area (Å²) in [4.78, 5) is 45.5. The van der Waals surface area contributed by atoms with Crippen LogP contribution in [-0.2, 0) is 0 Å². The molecule has 1 saturated heterocycles. The van der Waals surface area contributed by atoms with Gasteiger partial charge in [0.1, 0.15) is 11.9 Å². The number of pyridine rings is 1. The SMILES string of the molecule is N#Cc1cccnc1N1CCN(C(=O)c2ccc(/C=C3\Oc4c(C(N)=O)cccc4C3=O)cc2)CC1. The van der Waals surface area contributed by atoms with Gasteiger partial charge in [0.25, 0.3) is 11.8 Å². The van der Waals surface area contributed by atoms with Crippen molar-refractivity contribution < 1.29 is 19.1 Å². The second-order valence-electron chi connectivity index (χ2n) is 8.37. The third kappa shape index (κ3) is 4.16. The molecule has 3 aromatic rings. The number of nitrogens with two attached hydrogens (primary N) is 1. The third-order valence-corrected chi connectivity index (χ3v) is 6.19. The number of aromatic nitrogens is 1. The number of fused-ring (bicyclic) bond motifs is 1. The maximum Gasteiger partial charge on any atom is 0.253 e. The number of piperazine rings is 1. The molecule has 36 heavy (non-hydrogen) atoms. The minimum atomic E-state index is -0.671. The van der Waals surface area contributed by atoms with Crippen LogP contribution < -0.4 is 15.4 Å². The average molecular weight is 479 g/mol. The Morgan fingerprint density at radius 2 is 1.78 bits per heavy atom. The molecule has 1 aromatic heterocycles. The van der Waals surface area contributed by atoms with Crippen molar-refractivity contribution in [2.24, 2.45) is 5.73 Å². The number of Topliss-reactive ketones (excluding diaryl/α,β-unsaturated/α-hetero) is 1. The van der Waals surface area contributed by atoms with E-state index >= 15 is 0 Å². The van der Waals surface area contributed by atoms with Gasteiger partial charge in [0, 0.05) is 37.9 Å². The number of amides is 2. The van der Waals surface area contributed by atoms with Gasteiger partial charge in [0.05, 0.1) is 16.7 Å². The van der Waals surface area contributed by atoms with E-state index in [1.165, 1.54) is 6.07 Å². The van der Waals surface area contributed by atoms with Crippen molar-refractivity contribution in [1.29, 1.82) is 5.26 Å². The van der Waals surface area contributed by atoms with Crippen LogP contribution in [0.15, 0.2) is 66.6 Å². The van der Waals surface area contributed by atoms with Crippen molar-refractivity contribution in [2.75, 3.05) is 31.1 Å². The summed E-state index contributed by atoms with van der Waals surface area (Å²) in [5.41, 5.74) is 7.54. The third-order valence-electron chi connectivity index (χ3n) is 6.19. The minimum absolute atomic E-state index is 0.0835. The van der Waals surface area contributed by atoms with Crippen molar-refractivity contribution in [3.8, 4) is 11.8 Å². The second kappa shape index (κ2) is 9.35. The van der Waals surface area contributed by atoms with Crippen LogP contribution in [0.25, 0.3) is 6.08 Å². The predicted molar refractivity (Wildman–Crippen MR) is 131 cm³/mol. The number of hydrogen-bond donors (Lipinski definition) is 1. The molecule has 9 nitrogen and oxygen atoms in total. The van der Waals surface area contributed by atoms with Crippen molar-refractivity contribution in [3.63, 3.8) is 0 Å². The molecule has 3 heterocycles. The van der Waals surface area contributed by atoms with Gasteiger partial charge in [0.2, 0.25) is 5.78 Å². The van der Waals surface area contributed by atoms with Crippen LogP contribution in [0.2, 0.25) is 0 Å². The Morgan fingerprint density at radius 3 is 2.47 bits per heavy atom. The van der Waals surface area contributed by atoms with Crippen molar-refractivity contribution in [3.05, 3.63) is 94.4 Å². The van der Waals surface area contributed by atoms with Crippen LogP contribution in [0, 0.1) is 11.3 Å². The second-order valence-corrected chi connectivity index (χ2v) is 8.37. The Morgan fingerprint density at radius 1 is 1.03 bits per heavy atom. The molecular formula is C27H21N5O4. The van der Waals surface area contributed by atoms with Gasteiger partial charge in [-0.05, 0) is 48.0 Å². The van der Waals surface area contributed by atoms with Crippen LogP contribution in [0.1, 0.15) is 42.2 Å². The number of para-hydroxylation sites is 1. The summed E-state index contributed by atoms with van der Waals surface area (Å²) >= 11 is 0. The van der Waals surface area contributed by atoms with Gasteiger partial charge < -0.3 is 20.3 Å². The quantitative estimate of drug-likeness (QED) is 0.570. The smallest absolute Gasteiger partial charge is 0.253 e. The Labute approximate surface area is 207 Å². The number of ether oxygens (including phenoxy) is 1. The van der Waals surface area contributed by atoms with Crippen LogP contribution in [0.5, 0.6) is 5.75 Å². The van der Waals surface area contributed by atoms with Gasteiger partial charge in [-0.3, -0.25) is 14.4 Å². The molecule has 178 valence electrons. The Kier molecular flexibility index (Phi) is 5.92. The molecule has 9 heteroatoms. The van der Waals surface area contributed by atoms with Crippen molar-refractivity contribution in [2.45, 2.75) is 0 Å². The molecule has 0 atom stereocenters. The molecule has 5 rings (SSSR count). The summed E-state index contributed by atoms with van der Waals surface area (Å²) in [6.07, 6.45) is 3.23.